The van der Waals surface area contributed by atoms with E-state index in [9.17, 15) is 4.79 Å². The fourth-order valence-corrected chi connectivity index (χ4v) is 2.50. The first-order valence-electron chi connectivity index (χ1n) is 4.40. The molecule has 1 aliphatic carbocycles. The van der Waals surface area contributed by atoms with Crippen molar-refractivity contribution in [3.05, 3.63) is 0 Å². The van der Waals surface area contributed by atoms with Crippen molar-refractivity contribution in [2.45, 2.75) is 18.9 Å². The third-order valence-corrected chi connectivity index (χ3v) is 3.06. The van der Waals surface area contributed by atoms with Gasteiger partial charge in [-0.25, -0.2) is 4.79 Å². The average molecular weight is 170 g/mol. The molecule has 1 saturated heterocycles. The predicted octanol–water partition coefficient (Wildman–Crippen LogP) is 0.333. The normalized spacial score (nSPS) is 40.1. The van der Waals surface area contributed by atoms with Crippen LogP contribution in [0.2, 0.25) is 0 Å². The Morgan fingerprint density at radius 2 is 1.83 bits per heavy atom. The fraction of sp³-hybridized carbons (Fsp3) is 0.875. The third-order valence-electron chi connectivity index (χ3n) is 3.06. The van der Waals surface area contributed by atoms with E-state index in [1.165, 1.54) is 4.90 Å². The van der Waals surface area contributed by atoms with Crippen LogP contribution in [0.25, 0.3) is 0 Å². The predicted molar refractivity (Wildman–Crippen MR) is 43.8 cm³/mol. The van der Waals surface area contributed by atoms with E-state index in [4.69, 9.17) is 10.8 Å². The lowest BCUT2D eigenvalue weighted by molar-refractivity contribution is 0.152. The van der Waals surface area contributed by atoms with Crippen LogP contribution in [0, 0.1) is 11.8 Å². The number of hydrogen-bond donors (Lipinski definition) is 2. The molecule has 0 aromatic carbocycles. The van der Waals surface area contributed by atoms with Crippen LogP contribution < -0.4 is 5.73 Å². The molecule has 3 atom stereocenters. The van der Waals surface area contributed by atoms with E-state index in [2.05, 4.69) is 0 Å². The second kappa shape index (κ2) is 2.62. The van der Waals surface area contributed by atoms with Crippen molar-refractivity contribution in [3.8, 4) is 0 Å². The van der Waals surface area contributed by atoms with E-state index in [0.717, 1.165) is 12.8 Å². The zero-order chi connectivity index (χ0) is 8.72. The summed E-state index contributed by atoms with van der Waals surface area (Å²) >= 11 is 0. The molecule has 3 N–H and O–H groups in total. The van der Waals surface area contributed by atoms with Crippen LogP contribution >= 0.6 is 0 Å². The first kappa shape index (κ1) is 7.86. The molecule has 1 saturated carbocycles. The molecule has 0 aromatic heterocycles. The first-order valence-corrected chi connectivity index (χ1v) is 4.40. The van der Waals surface area contributed by atoms with Gasteiger partial charge in [-0.15, -0.1) is 0 Å². The molecule has 0 unspecified atom stereocenters. The van der Waals surface area contributed by atoms with Crippen molar-refractivity contribution < 1.29 is 9.90 Å². The van der Waals surface area contributed by atoms with Gasteiger partial charge in [0, 0.05) is 19.1 Å². The summed E-state index contributed by atoms with van der Waals surface area (Å²) in [5, 5.41) is 8.73. The second-order valence-electron chi connectivity index (χ2n) is 3.94. The standard InChI is InChI=1S/C8H14N2O2/c9-7-1-5-3-10(8(11)12)4-6(5)2-7/h5-7H,1-4,9H2,(H,11,12)/t5-,6+,7+. The molecule has 12 heavy (non-hydrogen) atoms. The van der Waals surface area contributed by atoms with Gasteiger partial charge in [0.25, 0.3) is 0 Å². The Bertz CT molecular complexity index is 193. The van der Waals surface area contributed by atoms with Crippen molar-refractivity contribution >= 4 is 6.09 Å². The van der Waals surface area contributed by atoms with Gasteiger partial charge in [0.05, 0.1) is 0 Å². The van der Waals surface area contributed by atoms with Gasteiger partial charge < -0.3 is 15.7 Å². The monoisotopic (exact) mass is 170 g/mol. The third kappa shape index (κ3) is 1.16. The van der Waals surface area contributed by atoms with E-state index >= 15 is 0 Å². The molecule has 0 spiro atoms. The Balaban J connectivity index is 1.98. The Hall–Kier alpha value is -0.770. The summed E-state index contributed by atoms with van der Waals surface area (Å²) in [5.74, 6) is 1.08. The number of carboxylic acid groups (broad SMARTS) is 1. The Kier molecular flexibility index (Phi) is 1.72. The van der Waals surface area contributed by atoms with Crippen molar-refractivity contribution in [2.75, 3.05) is 13.1 Å². The minimum absolute atomic E-state index is 0.316. The lowest BCUT2D eigenvalue weighted by Gasteiger charge is -2.13. The molecule has 68 valence electrons. The molecule has 2 rings (SSSR count). The topological polar surface area (TPSA) is 66.6 Å². The summed E-state index contributed by atoms with van der Waals surface area (Å²) in [6.45, 7) is 1.40. The van der Waals surface area contributed by atoms with Gasteiger partial charge in [0.2, 0.25) is 0 Å². The molecule has 1 heterocycles. The number of likely N-dealkylation sites (tertiary alicyclic amines) is 1. The maximum absolute atomic E-state index is 10.6. The number of nitrogens with zero attached hydrogens (tertiary/aromatic N) is 1. The molecular formula is C8H14N2O2. The SMILES string of the molecule is N[C@H]1C[C@@H]2CN(C(=O)O)C[C@@H]2C1. The average Bonchev–Trinajstić information content (AvgIpc) is 2.42. The number of hydrogen-bond acceptors (Lipinski definition) is 2. The molecule has 4 nitrogen and oxygen atoms in total. The highest BCUT2D eigenvalue weighted by Crippen LogP contribution is 2.36. The van der Waals surface area contributed by atoms with E-state index in [-0.39, 0.29) is 0 Å². The lowest BCUT2D eigenvalue weighted by atomic mass is 10.0. The van der Waals surface area contributed by atoms with Crippen LogP contribution in [0.1, 0.15) is 12.8 Å². The molecule has 1 amide bonds. The summed E-state index contributed by atoms with van der Waals surface area (Å²) in [6.07, 6.45) is 1.24. The van der Waals surface area contributed by atoms with Crippen LogP contribution in [0.5, 0.6) is 0 Å². The molecule has 2 aliphatic rings. The van der Waals surface area contributed by atoms with E-state index in [0.29, 0.717) is 31.0 Å². The summed E-state index contributed by atoms with van der Waals surface area (Å²) in [7, 11) is 0. The minimum Gasteiger partial charge on any atom is -0.465 e. The molecular weight excluding hydrogens is 156 g/mol. The van der Waals surface area contributed by atoms with Crippen LogP contribution in [0.15, 0.2) is 0 Å². The molecule has 1 aliphatic heterocycles. The van der Waals surface area contributed by atoms with Gasteiger partial charge in [0.15, 0.2) is 0 Å². The van der Waals surface area contributed by atoms with E-state index in [1.54, 1.807) is 0 Å². The van der Waals surface area contributed by atoms with Gasteiger partial charge in [-0.1, -0.05) is 0 Å². The first-order chi connectivity index (χ1) is 5.66. The number of rotatable bonds is 0. The highest BCUT2D eigenvalue weighted by Gasteiger charge is 2.41. The van der Waals surface area contributed by atoms with Crippen LogP contribution in [0.3, 0.4) is 0 Å². The van der Waals surface area contributed by atoms with Gasteiger partial charge >= 0.3 is 6.09 Å². The van der Waals surface area contributed by atoms with Gasteiger partial charge in [-0.3, -0.25) is 0 Å². The number of nitrogens with two attached hydrogens (primary N) is 1. The van der Waals surface area contributed by atoms with Gasteiger partial charge in [-0.05, 0) is 24.7 Å². The van der Waals surface area contributed by atoms with Crippen LogP contribution in [0.4, 0.5) is 4.79 Å². The Labute approximate surface area is 71.3 Å². The highest BCUT2D eigenvalue weighted by atomic mass is 16.4. The molecule has 0 radical (unpaired) electrons. The Morgan fingerprint density at radius 3 is 2.25 bits per heavy atom. The smallest absolute Gasteiger partial charge is 0.407 e. The fourth-order valence-electron chi connectivity index (χ4n) is 2.50. The summed E-state index contributed by atoms with van der Waals surface area (Å²) in [4.78, 5) is 12.1. The van der Waals surface area contributed by atoms with Crippen molar-refractivity contribution in [1.82, 2.24) is 4.90 Å². The van der Waals surface area contributed by atoms with Crippen LogP contribution in [-0.4, -0.2) is 35.2 Å². The van der Waals surface area contributed by atoms with Crippen molar-refractivity contribution in [3.63, 3.8) is 0 Å². The zero-order valence-electron chi connectivity index (χ0n) is 6.94. The van der Waals surface area contributed by atoms with Crippen LogP contribution in [-0.2, 0) is 0 Å². The summed E-state index contributed by atoms with van der Waals surface area (Å²) in [6, 6.07) is 0.316. The second-order valence-corrected chi connectivity index (χ2v) is 3.94. The lowest BCUT2D eigenvalue weighted by Crippen LogP contribution is -2.29. The minimum atomic E-state index is -0.780. The quantitative estimate of drug-likeness (QED) is 0.550. The van der Waals surface area contributed by atoms with Crippen molar-refractivity contribution in [1.29, 1.82) is 0 Å². The Morgan fingerprint density at radius 1 is 1.33 bits per heavy atom. The van der Waals surface area contributed by atoms with Gasteiger partial charge in [-0.2, -0.15) is 0 Å². The molecule has 4 heteroatoms. The van der Waals surface area contributed by atoms with Crippen molar-refractivity contribution in [2.24, 2.45) is 17.6 Å². The largest absolute Gasteiger partial charge is 0.465 e. The zero-order valence-corrected chi connectivity index (χ0v) is 6.94. The molecule has 2 fully saturated rings. The number of fused-ring (bicyclic) bond motifs is 1. The van der Waals surface area contributed by atoms with E-state index in [1.807, 2.05) is 0 Å². The molecule has 0 bridgehead atoms. The highest BCUT2D eigenvalue weighted by molar-refractivity contribution is 5.65. The maximum atomic E-state index is 10.6. The van der Waals surface area contributed by atoms with E-state index < -0.39 is 6.09 Å². The van der Waals surface area contributed by atoms with Gasteiger partial charge in [0.1, 0.15) is 0 Å². The summed E-state index contributed by atoms with van der Waals surface area (Å²) < 4.78 is 0. The number of carbonyl (C=O) groups is 1. The maximum Gasteiger partial charge on any atom is 0.407 e. The molecule has 0 aromatic rings. The number of amides is 1. The summed E-state index contributed by atoms with van der Waals surface area (Å²) in [5.41, 5.74) is 5.78.